The first-order chi connectivity index (χ1) is 13.1. The molecule has 0 saturated carbocycles. The number of carbonyl (C=O) groups is 1. The van der Waals surface area contributed by atoms with Crippen molar-refractivity contribution in [3.8, 4) is 0 Å². The van der Waals surface area contributed by atoms with Crippen LogP contribution in [-0.2, 0) is 16.0 Å². The summed E-state index contributed by atoms with van der Waals surface area (Å²) >= 11 is 1.75. The normalized spacial score (nSPS) is 22.3. The van der Waals surface area contributed by atoms with Crippen LogP contribution in [0.25, 0.3) is 0 Å². The number of ether oxygens (including phenoxy) is 1. The number of amides is 1. The van der Waals surface area contributed by atoms with Crippen LogP contribution in [0.5, 0.6) is 0 Å². The maximum absolute atomic E-state index is 12.7. The minimum Gasteiger partial charge on any atom is -0.360 e. The van der Waals surface area contributed by atoms with Crippen LogP contribution in [0.1, 0.15) is 30.3 Å². The second-order valence-corrected chi connectivity index (χ2v) is 8.59. The first-order valence-corrected chi connectivity index (χ1v) is 10.6. The third-order valence-corrected chi connectivity index (χ3v) is 6.82. The average Bonchev–Trinajstić information content (AvgIpc) is 3.10. The molecule has 2 aliphatic rings. The van der Waals surface area contributed by atoms with E-state index in [-0.39, 0.29) is 30.0 Å². The van der Waals surface area contributed by atoms with E-state index in [2.05, 4.69) is 16.8 Å². The van der Waals surface area contributed by atoms with Gasteiger partial charge in [-0.15, -0.1) is 23.7 Å². The Morgan fingerprint density at radius 2 is 1.96 bits per heavy atom. The summed E-state index contributed by atoms with van der Waals surface area (Å²) in [6.45, 7) is 7.72. The summed E-state index contributed by atoms with van der Waals surface area (Å²) < 4.78 is 6.27. The lowest BCUT2D eigenvalue weighted by molar-refractivity contribution is -0.161. The van der Waals surface area contributed by atoms with Gasteiger partial charge in [0.1, 0.15) is 6.10 Å². The Morgan fingerprint density at radius 1 is 1.25 bits per heavy atom. The number of nitrogens with zero attached hydrogens (tertiary/aromatic N) is 3. The SMILES string of the molecule is Cc1ncsc1CCN1CCC2(CC1)CN(c1ccccc1)C(=O)C(C)O2.Cl. The first kappa shape index (κ1) is 21.2. The summed E-state index contributed by atoms with van der Waals surface area (Å²) in [5.41, 5.74) is 3.84. The Bertz CT molecular complexity index is 790. The molecule has 28 heavy (non-hydrogen) atoms. The van der Waals surface area contributed by atoms with E-state index in [0.29, 0.717) is 6.54 Å². The number of anilines is 1. The van der Waals surface area contributed by atoms with Gasteiger partial charge in [-0.05, 0) is 45.2 Å². The number of thiazole rings is 1. The van der Waals surface area contributed by atoms with Crippen molar-refractivity contribution in [2.24, 2.45) is 0 Å². The van der Waals surface area contributed by atoms with Crippen molar-refractivity contribution in [2.75, 3.05) is 31.1 Å². The molecule has 1 aromatic carbocycles. The largest absolute Gasteiger partial charge is 0.360 e. The predicted octanol–water partition coefficient (Wildman–Crippen LogP) is 3.70. The third-order valence-electron chi connectivity index (χ3n) is 5.82. The van der Waals surface area contributed by atoms with Crippen molar-refractivity contribution in [2.45, 2.75) is 44.8 Å². The van der Waals surface area contributed by atoms with Gasteiger partial charge in [-0.25, -0.2) is 4.98 Å². The fourth-order valence-corrected chi connectivity index (χ4v) is 4.93. The zero-order valence-electron chi connectivity index (χ0n) is 16.5. The number of aromatic nitrogens is 1. The topological polar surface area (TPSA) is 45.7 Å². The van der Waals surface area contributed by atoms with E-state index in [1.807, 2.05) is 47.7 Å². The number of carbonyl (C=O) groups excluding carboxylic acids is 1. The van der Waals surface area contributed by atoms with Gasteiger partial charge in [-0.1, -0.05) is 18.2 Å². The molecule has 1 spiro atoms. The van der Waals surface area contributed by atoms with Crippen LogP contribution in [0, 0.1) is 6.92 Å². The number of likely N-dealkylation sites (tertiary alicyclic amines) is 1. The van der Waals surface area contributed by atoms with E-state index in [9.17, 15) is 4.79 Å². The molecular formula is C21H28ClN3O2S. The first-order valence-electron chi connectivity index (χ1n) is 9.72. The quantitative estimate of drug-likeness (QED) is 0.755. The molecule has 4 rings (SSSR count). The lowest BCUT2D eigenvalue weighted by Crippen LogP contribution is -2.61. The standard InChI is InChI=1S/C21H27N3O2S.ClH/c1-16-19(27-15-22-16)8-11-23-12-9-21(10-13-23)14-24(20(25)17(2)26-21)18-6-4-3-5-7-18;/h3-7,15,17H,8-14H2,1-2H3;1H. The Labute approximate surface area is 177 Å². The Hall–Kier alpha value is -1.47. The Kier molecular flexibility index (Phi) is 6.76. The molecule has 2 fully saturated rings. The molecule has 7 heteroatoms. The minimum absolute atomic E-state index is 0. The molecule has 2 aromatic rings. The van der Waals surface area contributed by atoms with Gasteiger partial charge in [-0.3, -0.25) is 4.79 Å². The fraction of sp³-hybridized carbons (Fsp3) is 0.524. The zero-order valence-corrected chi connectivity index (χ0v) is 18.1. The Balaban J connectivity index is 0.00000225. The molecule has 0 bridgehead atoms. The highest BCUT2D eigenvalue weighted by Crippen LogP contribution is 2.35. The molecule has 1 unspecified atom stereocenters. The second-order valence-electron chi connectivity index (χ2n) is 7.66. The van der Waals surface area contributed by atoms with Crippen molar-refractivity contribution in [1.29, 1.82) is 0 Å². The molecule has 1 aromatic heterocycles. The van der Waals surface area contributed by atoms with E-state index in [1.54, 1.807) is 11.3 Å². The maximum Gasteiger partial charge on any atom is 0.255 e. The van der Waals surface area contributed by atoms with Gasteiger partial charge in [0.2, 0.25) is 0 Å². The van der Waals surface area contributed by atoms with E-state index in [1.165, 1.54) is 4.88 Å². The smallest absolute Gasteiger partial charge is 0.255 e. The van der Waals surface area contributed by atoms with Crippen LogP contribution in [0.3, 0.4) is 0 Å². The van der Waals surface area contributed by atoms with Crippen LogP contribution in [-0.4, -0.2) is 53.7 Å². The van der Waals surface area contributed by atoms with Crippen molar-refractivity contribution >= 4 is 35.3 Å². The van der Waals surface area contributed by atoms with E-state index in [4.69, 9.17) is 4.74 Å². The third kappa shape index (κ3) is 4.40. The summed E-state index contributed by atoms with van der Waals surface area (Å²) in [5, 5.41) is 0. The summed E-state index contributed by atoms with van der Waals surface area (Å²) in [5.74, 6) is 0.0647. The van der Waals surface area contributed by atoms with E-state index < -0.39 is 0 Å². The average molecular weight is 422 g/mol. The van der Waals surface area contributed by atoms with Crippen LogP contribution < -0.4 is 4.90 Å². The highest BCUT2D eigenvalue weighted by atomic mass is 35.5. The van der Waals surface area contributed by atoms with Gasteiger partial charge in [-0.2, -0.15) is 0 Å². The summed E-state index contributed by atoms with van der Waals surface area (Å²) in [4.78, 5) is 22.8. The van der Waals surface area contributed by atoms with Gasteiger partial charge >= 0.3 is 0 Å². The van der Waals surface area contributed by atoms with Gasteiger partial charge in [0.15, 0.2) is 0 Å². The predicted molar refractivity (Wildman–Crippen MR) is 116 cm³/mol. The summed E-state index contributed by atoms with van der Waals surface area (Å²) in [6.07, 6.45) is 2.62. The van der Waals surface area contributed by atoms with Crippen LogP contribution in [0.4, 0.5) is 5.69 Å². The highest BCUT2D eigenvalue weighted by molar-refractivity contribution is 7.09. The summed E-state index contributed by atoms with van der Waals surface area (Å²) in [7, 11) is 0. The molecule has 3 heterocycles. The van der Waals surface area contributed by atoms with E-state index >= 15 is 0 Å². The molecular weight excluding hydrogens is 394 g/mol. The Morgan fingerprint density at radius 3 is 2.61 bits per heavy atom. The van der Waals surface area contributed by atoms with E-state index in [0.717, 1.165) is 50.3 Å². The summed E-state index contributed by atoms with van der Waals surface area (Å²) in [6, 6.07) is 9.97. The number of para-hydroxylation sites is 1. The number of halogens is 1. The number of morpholine rings is 1. The molecule has 2 aliphatic heterocycles. The fourth-order valence-electron chi connectivity index (χ4n) is 4.16. The van der Waals surface area contributed by atoms with Crippen molar-refractivity contribution < 1.29 is 9.53 Å². The monoisotopic (exact) mass is 421 g/mol. The second kappa shape index (κ2) is 8.91. The highest BCUT2D eigenvalue weighted by Gasteiger charge is 2.45. The molecule has 0 N–H and O–H groups in total. The van der Waals surface area contributed by atoms with Crippen LogP contribution >= 0.6 is 23.7 Å². The van der Waals surface area contributed by atoms with Crippen LogP contribution in [0.2, 0.25) is 0 Å². The van der Waals surface area contributed by atoms with Crippen molar-refractivity contribution in [3.63, 3.8) is 0 Å². The molecule has 2 saturated heterocycles. The lowest BCUT2D eigenvalue weighted by Gasteiger charge is -2.49. The van der Waals surface area contributed by atoms with Gasteiger partial charge < -0.3 is 14.5 Å². The van der Waals surface area contributed by atoms with Crippen LogP contribution in [0.15, 0.2) is 35.8 Å². The van der Waals surface area contributed by atoms with Crippen molar-refractivity contribution in [1.82, 2.24) is 9.88 Å². The number of rotatable bonds is 4. The van der Waals surface area contributed by atoms with Gasteiger partial charge in [0.25, 0.3) is 5.91 Å². The zero-order chi connectivity index (χ0) is 18.9. The molecule has 152 valence electrons. The molecule has 1 amide bonds. The number of piperidine rings is 1. The van der Waals surface area contributed by atoms with Gasteiger partial charge in [0.05, 0.1) is 23.4 Å². The number of aryl methyl sites for hydroxylation is 1. The molecule has 0 radical (unpaired) electrons. The number of hydrogen-bond acceptors (Lipinski definition) is 5. The number of hydrogen-bond donors (Lipinski definition) is 0. The molecule has 5 nitrogen and oxygen atoms in total. The van der Waals surface area contributed by atoms with Crippen molar-refractivity contribution in [3.05, 3.63) is 46.4 Å². The van der Waals surface area contributed by atoms with Gasteiger partial charge in [0, 0.05) is 30.2 Å². The molecule has 1 atom stereocenters. The maximum atomic E-state index is 12.7. The lowest BCUT2D eigenvalue weighted by atomic mass is 9.88. The minimum atomic E-state index is -0.384. The molecule has 0 aliphatic carbocycles. The number of benzene rings is 1.